The summed E-state index contributed by atoms with van der Waals surface area (Å²) >= 11 is 0. The van der Waals surface area contributed by atoms with E-state index < -0.39 is 30.5 Å². The van der Waals surface area contributed by atoms with E-state index in [0.29, 0.717) is 35.7 Å². The lowest BCUT2D eigenvalue weighted by Gasteiger charge is -2.24. The van der Waals surface area contributed by atoms with E-state index in [1.54, 1.807) is 6.07 Å². The first-order valence-electron chi connectivity index (χ1n) is 18.1. The number of benzene rings is 6. The Morgan fingerprint density at radius 1 is 0.500 bits per heavy atom. The summed E-state index contributed by atoms with van der Waals surface area (Å²) in [5.41, 5.74) is 6.55. The van der Waals surface area contributed by atoms with Crippen LogP contribution in [0.4, 0.5) is 8.78 Å². The normalized spacial score (nSPS) is 15.7. The Balaban J connectivity index is 1.26. The fraction of sp³-hybridized carbons (Fsp3) is 0.217. The van der Waals surface area contributed by atoms with Crippen LogP contribution >= 0.6 is 0 Å². The van der Waals surface area contributed by atoms with Gasteiger partial charge in [-0.2, -0.15) is 0 Å². The van der Waals surface area contributed by atoms with Crippen molar-refractivity contribution in [3.63, 3.8) is 0 Å². The molecular formula is C46H42F2O6. The fourth-order valence-corrected chi connectivity index (χ4v) is 6.48. The van der Waals surface area contributed by atoms with Gasteiger partial charge < -0.3 is 28.4 Å². The van der Waals surface area contributed by atoms with Crippen LogP contribution < -0.4 is 9.47 Å². The molecule has 6 aromatic carbocycles. The summed E-state index contributed by atoms with van der Waals surface area (Å²) in [7, 11) is 0. The predicted molar refractivity (Wildman–Crippen MR) is 202 cm³/mol. The topological polar surface area (TPSA) is 55.4 Å². The molecule has 54 heavy (non-hydrogen) atoms. The Kier molecular flexibility index (Phi) is 12.4. The van der Waals surface area contributed by atoms with Gasteiger partial charge in [-0.3, -0.25) is 0 Å². The Hall–Kier alpha value is -5.38. The molecule has 0 unspecified atom stereocenters. The number of halogens is 2. The summed E-state index contributed by atoms with van der Waals surface area (Å²) in [5.74, 6) is -0.846. The van der Waals surface area contributed by atoms with Gasteiger partial charge in [-0.1, -0.05) is 134 Å². The SMILES string of the molecule is CCc1c(OCc2ccccc2)cc(OCc2ccccc2)c(-c2ccc(F)c(F)c2)c1CC1O[C@@H](OCc2ccccc2)[C@H](OCc2ccccc2)O1. The van der Waals surface area contributed by atoms with E-state index in [1.165, 1.54) is 6.07 Å². The van der Waals surface area contributed by atoms with Crippen LogP contribution in [0.25, 0.3) is 11.1 Å². The first-order chi connectivity index (χ1) is 26.5. The standard InChI is InChI=1S/C46H42F2O6/c1-2-37-38(26-43-53-45(51-30-34-19-11-5-12-20-34)46(54-43)52-31-35-21-13-6-14-22-35)44(36-23-24-39(47)40(48)25-36)42(50-29-33-17-9-4-10-18-33)27-41(37)49-28-32-15-7-3-8-16-32/h3-25,27,43,45-46H,2,26,28-31H2,1H3/t45-,46-/m1/s1. The van der Waals surface area contributed by atoms with Crippen molar-refractivity contribution in [2.75, 3.05) is 0 Å². The number of ether oxygens (including phenoxy) is 6. The van der Waals surface area contributed by atoms with E-state index in [2.05, 4.69) is 0 Å². The maximum atomic E-state index is 15.0. The zero-order valence-electron chi connectivity index (χ0n) is 30.0. The smallest absolute Gasteiger partial charge is 0.212 e. The van der Waals surface area contributed by atoms with Gasteiger partial charge in [-0.05, 0) is 57.5 Å². The second-order valence-electron chi connectivity index (χ2n) is 13.0. The summed E-state index contributed by atoms with van der Waals surface area (Å²) in [6.07, 6.45) is -1.75. The number of hydrogen-bond donors (Lipinski definition) is 0. The van der Waals surface area contributed by atoms with E-state index in [4.69, 9.17) is 28.4 Å². The van der Waals surface area contributed by atoms with Gasteiger partial charge in [0.15, 0.2) is 17.9 Å². The Bertz CT molecular complexity index is 2030. The molecule has 2 atom stereocenters. The van der Waals surface area contributed by atoms with E-state index in [-0.39, 0.29) is 26.2 Å². The molecule has 0 aliphatic carbocycles. The molecule has 6 nitrogen and oxygen atoms in total. The molecule has 1 heterocycles. The van der Waals surface area contributed by atoms with Crippen LogP contribution in [-0.2, 0) is 58.2 Å². The highest BCUT2D eigenvalue weighted by Gasteiger charge is 2.39. The van der Waals surface area contributed by atoms with Crippen LogP contribution in [0.2, 0.25) is 0 Å². The molecule has 0 amide bonds. The maximum absolute atomic E-state index is 15.0. The summed E-state index contributed by atoms with van der Waals surface area (Å²) in [5, 5.41) is 0. The first kappa shape index (κ1) is 37.0. The van der Waals surface area contributed by atoms with Gasteiger partial charge in [0.05, 0.1) is 13.2 Å². The molecule has 1 aliphatic heterocycles. The van der Waals surface area contributed by atoms with E-state index in [9.17, 15) is 8.78 Å². The van der Waals surface area contributed by atoms with Crippen LogP contribution in [0.3, 0.4) is 0 Å². The molecule has 0 saturated carbocycles. The van der Waals surface area contributed by atoms with Gasteiger partial charge in [0.2, 0.25) is 12.6 Å². The highest BCUT2D eigenvalue weighted by atomic mass is 19.2. The third-order valence-corrected chi connectivity index (χ3v) is 9.19. The molecule has 276 valence electrons. The lowest BCUT2D eigenvalue weighted by molar-refractivity contribution is -0.200. The Morgan fingerprint density at radius 2 is 0.963 bits per heavy atom. The molecule has 8 heteroatoms. The highest BCUT2D eigenvalue weighted by molar-refractivity contribution is 5.77. The van der Waals surface area contributed by atoms with Gasteiger partial charge >= 0.3 is 0 Å². The first-order valence-corrected chi connectivity index (χ1v) is 18.1. The predicted octanol–water partition coefficient (Wildman–Crippen LogP) is 10.4. The average Bonchev–Trinajstić information content (AvgIpc) is 3.61. The van der Waals surface area contributed by atoms with Gasteiger partial charge in [-0.25, -0.2) is 8.78 Å². The third kappa shape index (κ3) is 9.40. The molecule has 7 rings (SSSR count). The number of hydrogen-bond acceptors (Lipinski definition) is 6. The van der Waals surface area contributed by atoms with Crippen LogP contribution in [0.1, 0.15) is 40.3 Å². The molecule has 0 aromatic heterocycles. The van der Waals surface area contributed by atoms with Crippen molar-refractivity contribution in [2.45, 2.75) is 65.1 Å². The van der Waals surface area contributed by atoms with Crippen molar-refractivity contribution < 1.29 is 37.2 Å². The summed E-state index contributed by atoms with van der Waals surface area (Å²) < 4.78 is 67.9. The van der Waals surface area contributed by atoms with Crippen molar-refractivity contribution in [1.82, 2.24) is 0 Å². The lowest BCUT2D eigenvalue weighted by Crippen LogP contribution is -2.28. The van der Waals surface area contributed by atoms with Crippen LogP contribution in [0.5, 0.6) is 11.5 Å². The number of rotatable bonds is 16. The molecule has 1 saturated heterocycles. The zero-order valence-corrected chi connectivity index (χ0v) is 30.0. The monoisotopic (exact) mass is 728 g/mol. The van der Waals surface area contributed by atoms with Gasteiger partial charge in [-0.15, -0.1) is 0 Å². The molecule has 1 fully saturated rings. The summed E-state index contributed by atoms with van der Waals surface area (Å²) in [4.78, 5) is 0. The van der Waals surface area contributed by atoms with E-state index >= 15 is 0 Å². The van der Waals surface area contributed by atoms with Crippen molar-refractivity contribution >= 4 is 0 Å². The van der Waals surface area contributed by atoms with Crippen LogP contribution in [-0.4, -0.2) is 18.9 Å². The van der Waals surface area contributed by atoms with Crippen molar-refractivity contribution in [2.24, 2.45) is 0 Å². The quantitative estimate of drug-likeness (QED) is 0.0989. The molecule has 0 N–H and O–H groups in total. The minimum absolute atomic E-state index is 0.206. The molecule has 0 spiro atoms. The fourth-order valence-electron chi connectivity index (χ4n) is 6.48. The lowest BCUT2D eigenvalue weighted by atomic mass is 9.90. The molecule has 0 radical (unpaired) electrons. The Labute approximate surface area is 314 Å². The van der Waals surface area contributed by atoms with Gasteiger partial charge in [0.1, 0.15) is 24.7 Å². The minimum atomic E-state index is -0.966. The molecule has 6 aromatic rings. The van der Waals surface area contributed by atoms with E-state index in [1.807, 2.05) is 134 Å². The second-order valence-corrected chi connectivity index (χ2v) is 13.0. The van der Waals surface area contributed by atoms with Crippen LogP contribution in [0, 0.1) is 11.6 Å². The van der Waals surface area contributed by atoms with E-state index in [0.717, 1.165) is 39.4 Å². The molecule has 0 bridgehead atoms. The maximum Gasteiger partial charge on any atom is 0.212 e. The molecule has 1 aliphatic rings. The van der Waals surface area contributed by atoms with Gasteiger partial charge in [0, 0.05) is 18.1 Å². The summed E-state index contributed by atoms with van der Waals surface area (Å²) in [6.45, 7) is 3.15. The zero-order chi connectivity index (χ0) is 37.1. The summed E-state index contributed by atoms with van der Waals surface area (Å²) in [6, 6.07) is 45.0. The largest absolute Gasteiger partial charge is 0.488 e. The van der Waals surface area contributed by atoms with Crippen LogP contribution in [0.15, 0.2) is 146 Å². The van der Waals surface area contributed by atoms with Gasteiger partial charge in [0.25, 0.3) is 0 Å². The van der Waals surface area contributed by atoms with Crippen molar-refractivity contribution in [3.05, 3.63) is 191 Å². The minimum Gasteiger partial charge on any atom is -0.488 e. The average molecular weight is 729 g/mol. The second kappa shape index (κ2) is 18.1. The molecular weight excluding hydrogens is 686 g/mol. The third-order valence-electron chi connectivity index (χ3n) is 9.19. The highest BCUT2D eigenvalue weighted by Crippen LogP contribution is 2.43. The Morgan fingerprint density at radius 3 is 1.43 bits per heavy atom. The van der Waals surface area contributed by atoms with Crippen molar-refractivity contribution in [1.29, 1.82) is 0 Å². The van der Waals surface area contributed by atoms with Crippen molar-refractivity contribution in [3.8, 4) is 22.6 Å².